The lowest BCUT2D eigenvalue weighted by Crippen LogP contribution is -2.15. The van der Waals surface area contributed by atoms with Gasteiger partial charge in [0, 0.05) is 46.8 Å². The standard InChI is InChI=1S/C20H13F5N2O2/c1-20(2)7-10(13-14(21)16(23)18(25)17(24)15(13)22)12-9-6-8(27(28)29)4-5-11(9)26(3)19(12)20/h4-7H,1-3H3. The Labute approximate surface area is 161 Å². The molecular formula is C20H13F5N2O2. The molecule has 0 aliphatic heterocycles. The van der Waals surface area contributed by atoms with Crippen LogP contribution < -0.4 is 0 Å². The van der Waals surface area contributed by atoms with Crippen LogP contribution in [0.4, 0.5) is 27.6 Å². The summed E-state index contributed by atoms with van der Waals surface area (Å²) in [5, 5.41) is 11.5. The Bertz CT molecular complexity index is 1250. The molecule has 0 saturated carbocycles. The Morgan fingerprint density at radius 1 is 0.931 bits per heavy atom. The molecule has 1 aliphatic rings. The first-order chi connectivity index (χ1) is 13.5. The number of rotatable bonds is 2. The van der Waals surface area contributed by atoms with Crippen molar-refractivity contribution >= 4 is 22.2 Å². The lowest BCUT2D eigenvalue weighted by molar-refractivity contribution is -0.384. The van der Waals surface area contributed by atoms with Crippen molar-refractivity contribution in [3.63, 3.8) is 0 Å². The molecule has 150 valence electrons. The van der Waals surface area contributed by atoms with Crippen molar-refractivity contribution in [2.75, 3.05) is 0 Å². The molecule has 0 bridgehead atoms. The molecule has 0 radical (unpaired) electrons. The highest BCUT2D eigenvalue weighted by Gasteiger charge is 2.39. The number of aromatic nitrogens is 1. The number of nitro groups is 1. The first-order valence-electron chi connectivity index (χ1n) is 8.49. The topological polar surface area (TPSA) is 48.1 Å². The number of non-ortho nitro benzene ring substituents is 1. The van der Waals surface area contributed by atoms with Crippen LogP contribution in [0.15, 0.2) is 24.3 Å². The second-order valence-electron chi connectivity index (χ2n) is 7.47. The normalized spacial score (nSPS) is 15.0. The predicted molar refractivity (Wildman–Crippen MR) is 95.9 cm³/mol. The molecule has 1 heterocycles. The van der Waals surface area contributed by atoms with E-state index < -0.39 is 45.0 Å². The number of hydrogen-bond acceptors (Lipinski definition) is 2. The first kappa shape index (κ1) is 19.1. The van der Waals surface area contributed by atoms with Gasteiger partial charge in [0.1, 0.15) is 0 Å². The lowest BCUT2D eigenvalue weighted by Gasteiger charge is -2.18. The molecule has 4 nitrogen and oxygen atoms in total. The van der Waals surface area contributed by atoms with Gasteiger partial charge in [-0.05, 0) is 11.6 Å². The van der Waals surface area contributed by atoms with Crippen molar-refractivity contribution in [2.24, 2.45) is 7.05 Å². The second-order valence-corrected chi connectivity index (χ2v) is 7.47. The maximum Gasteiger partial charge on any atom is 0.270 e. The van der Waals surface area contributed by atoms with Crippen molar-refractivity contribution in [3.05, 3.63) is 80.3 Å². The highest BCUT2D eigenvalue weighted by molar-refractivity contribution is 6.03. The van der Waals surface area contributed by atoms with Crippen LogP contribution in [0.2, 0.25) is 0 Å². The van der Waals surface area contributed by atoms with E-state index in [1.165, 1.54) is 24.3 Å². The summed E-state index contributed by atoms with van der Waals surface area (Å²) in [6, 6.07) is 4.00. The molecule has 1 aromatic heterocycles. The Hall–Kier alpha value is -3.23. The van der Waals surface area contributed by atoms with E-state index in [0.717, 1.165) is 0 Å². The quantitative estimate of drug-likeness (QED) is 0.185. The predicted octanol–water partition coefficient (Wildman–Crippen LogP) is 5.50. The lowest BCUT2D eigenvalue weighted by atomic mass is 9.92. The molecule has 9 heteroatoms. The van der Waals surface area contributed by atoms with Gasteiger partial charge >= 0.3 is 0 Å². The Morgan fingerprint density at radius 3 is 2.03 bits per heavy atom. The summed E-state index contributed by atoms with van der Waals surface area (Å²) in [5.74, 6) is -10.2. The van der Waals surface area contributed by atoms with Crippen LogP contribution >= 0.6 is 0 Å². The van der Waals surface area contributed by atoms with Crippen LogP contribution in [-0.4, -0.2) is 9.49 Å². The van der Waals surface area contributed by atoms with Crippen molar-refractivity contribution in [1.29, 1.82) is 0 Å². The van der Waals surface area contributed by atoms with Gasteiger partial charge in [-0.1, -0.05) is 19.9 Å². The van der Waals surface area contributed by atoms with E-state index in [1.54, 1.807) is 25.5 Å². The van der Waals surface area contributed by atoms with E-state index in [9.17, 15) is 32.1 Å². The molecule has 0 atom stereocenters. The number of allylic oxidation sites excluding steroid dienone is 1. The van der Waals surface area contributed by atoms with Crippen molar-refractivity contribution in [3.8, 4) is 0 Å². The zero-order valence-electron chi connectivity index (χ0n) is 15.4. The molecule has 2 aromatic carbocycles. The number of hydrogen-bond donors (Lipinski definition) is 0. The van der Waals surface area contributed by atoms with Gasteiger partial charge in [0.15, 0.2) is 23.3 Å². The van der Waals surface area contributed by atoms with E-state index in [2.05, 4.69) is 0 Å². The summed E-state index contributed by atoms with van der Waals surface area (Å²) < 4.78 is 71.9. The third-order valence-corrected chi connectivity index (χ3v) is 5.26. The fourth-order valence-corrected chi connectivity index (χ4v) is 4.11. The van der Waals surface area contributed by atoms with Gasteiger partial charge in [-0.2, -0.15) is 0 Å². The summed E-state index contributed by atoms with van der Waals surface area (Å²) >= 11 is 0. The smallest absolute Gasteiger partial charge is 0.270 e. The molecule has 0 saturated heterocycles. The highest BCUT2D eigenvalue weighted by Crippen LogP contribution is 2.49. The molecule has 29 heavy (non-hydrogen) atoms. The van der Waals surface area contributed by atoms with Crippen LogP contribution in [0.1, 0.15) is 30.7 Å². The molecule has 0 N–H and O–H groups in total. The minimum absolute atomic E-state index is 0.191. The largest absolute Gasteiger partial charge is 0.346 e. The summed E-state index contributed by atoms with van der Waals surface area (Å²) in [5.41, 5.74) is -1.04. The SMILES string of the molecule is Cn1c2c(c3cc([N+](=O)[O-])ccc31)C(c1c(F)c(F)c(F)c(F)c1F)=CC2(C)C. The highest BCUT2D eigenvalue weighted by atomic mass is 19.2. The number of fused-ring (bicyclic) bond motifs is 3. The second kappa shape index (κ2) is 5.88. The molecule has 4 rings (SSSR count). The van der Waals surface area contributed by atoms with E-state index in [-0.39, 0.29) is 22.2 Å². The molecular weight excluding hydrogens is 395 g/mol. The zero-order chi connectivity index (χ0) is 21.4. The monoisotopic (exact) mass is 408 g/mol. The van der Waals surface area contributed by atoms with Crippen LogP contribution in [-0.2, 0) is 12.5 Å². The Balaban J connectivity index is 2.14. The average Bonchev–Trinajstić information content (AvgIpc) is 3.11. The molecule has 0 spiro atoms. The Kier molecular flexibility index (Phi) is 3.88. The number of nitro benzene ring substituents is 1. The molecule has 1 aliphatic carbocycles. The summed E-state index contributed by atoms with van der Waals surface area (Å²) in [6.45, 7) is 3.44. The maximum atomic E-state index is 14.5. The van der Waals surface area contributed by atoms with Gasteiger partial charge in [-0.25, -0.2) is 22.0 Å². The van der Waals surface area contributed by atoms with E-state index >= 15 is 0 Å². The fraction of sp³-hybridized carbons (Fsp3) is 0.200. The van der Waals surface area contributed by atoms with Crippen molar-refractivity contribution in [1.82, 2.24) is 4.57 Å². The van der Waals surface area contributed by atoms with Crippen LogP contribution in [0.25, 0.3) is 16.5 Å². The number of halogens is 5. The van der Waals surface area contributed by atoms with Crippen LogP contribution in [0, 0.1) is 39.2 Å². The van der Waals surface area contributed by atoms with Gasteiger partial charge in [0.25, 0.3) is 5.69 Å². The van der Waals surface area contributed by atoms with Gasteiger partial charge < -0.3 is 4.57 Å². The van der Waals surface area contributed by atoms with E-state index in [4.69, 9.17) is 0 Å². The van der Waals surface area contributed by atoms with Crippen LogP contribution in [0.5, 0.6) is 0 Å². The zero-order valence-corrected chi connectivity index (χ0v) is 15.4. The average molecular weight is 408 g/mol. The molecule has 3 aromatic rings. The molecule has 0 fully saturated rings. The minimum atomic E-state index is -2.24. The molecule has 0 unspecified atom stereocenters. The number of benzene rings is 2. The summed E-state index contributed by atoms with van der Waals surface area (Å²) in [7, 11) is 1.67. The van der Waals surface area contributed by atoms with Crippen molar-refractivity contribution in [2.45, 2.75) is 19.3 Å². The van der Waals surface area contributed by atoms with Gasteiger partial charge in [0.2, 0.25) is 5.82 Å². The third-order valence-electron chi connectivity index (χ3n) is 5.26. The van der Waals surface area contributed by atoms with Crippen molar-refractivity contribution < 1.29 is 26.9 Å². The number of nitrogens with zero attached hydrogens (tertiary/aromatic N) is 2. The minimum Gasteiger partial charge on any atom is -0.346 e. The van der Waals surface area contributed by atoms with Crippen LogP contribution in [0.3, 0.4) is 0 Å². The van der Waals surface area contributed by atoms with E-state index in [0.29, 0.717) is 11.2 Å². The number of aryl methyl sites for hydroxylation is 1. The first-order valence-corrected chi connectivity index (χ1v) is 8.49. The summed E-state index contributed by atoms with van der Waals surface area (Å²) in [6.07, 6.45) is 1.41. The summed E-state index contributed by atoms with van der Waals surface area (Å²) in [4.78, 5) is 10.6. The van der Waals surface area contributed by atoms with E-state index in [1.807, 2.05) is 0 Å². The fourth-order valence-electron chi connectivity index (χ4n) is 4.11. The Morgan fingerprint density at radius 2 is 1.48 bits per heavy atom. The van der Waals surface area contributed by atoms with Gasteiger partial charge in [0.05, 0.1) is 10.5 Å². The molecule has 0 amide bonds. The maximum absolute atomic E-state index is 14.5. The van der Waals surface area contributed by atoms with Gasteiger partial charge in [-0.15, -0.1) is 0 Å². The van der Waals surface area contributed by atoms with Gasteiger partial charge in [-0.3, -0.25) is 10.1 Å². The third kappa shape index (κ3) is 2.43.